The molecule has 0 aliphatic rings. The van der Waals surface area contributed by atoms with Crippen molar-refractivity contribution in [3.05, 3.63) is 58.5 Å². The van der Waals surface area contributed by atoms with Gasteiger partial charge in [0.15, 0.2) is 5.65 Å². The molecule has 1 aromatic carbocycles. The Morgan fingerprint density at radius 1 is 1.27 bits per heavy atom. The van der Waals surface area contributed by atoms with Gasteiger partial charge in [-0.25, -0.2) is 14.4 Å². The molecule has 0 atom stereocenters. The first kappa shape index (κ1) is 18.3. The lowest BCUT2D eigenvalue weighted by Gasteiger charge is -2.13. The summed E-state index contributed by atoms with van der Waals surface area (Å²) in [6, 6.07) is 8.35. The van der Waals surface area contributed by atoms with Gasteiger partial charge in [-0.05, 0) is 62.2 Å². The molecular weight excluding hydrogens is 353 g/mol. The number of fused-ring (bicyclic) bond motifs is 1. The molecule has 134 valence electrons. The topological polar surface area (TPSA) is 54.9 Å². The highest BCUT2D eigenvalue weighted by Gasteiger charge is 2.15. The maximum atomic E-state index is 13.5. The lowest BCUT2D eigenvalue weighted by molar-refractivity contribution is -0.120. The Hall–Kier alpha value is -2.53. The highest BCUT2D eigenvalue weighted by atomic mass is 35.5. The Kier molecular flexibility index (Phi) is 5.18. The Bertz CT molecular complexity index is 988. The van der Waals surface area contributed by atoms with Crippen molar-refractivity contribution < 1.29 is 9.18 Å². The molecule has 4 nitrogen and oxygen atoms in total. The summed E-state index contributed by atoms with van der Waals surface area (Å²) in [6.45, 7) is 5.76. The minimum absolute atomic E-state index is 0.0128. The summed E-state index contributed by atoms with van der Waals surface area (Å²) in [6.07, 6.45) is 1.90. The predicted octanol–water partition coefficient (Wildman–Crippen LogP) is 4.46. The van der Waals surface area contributed by atoms with Crippen LogP contribution in [0.5, 0.6) is 0 Å². The molecule has 6 heteroatoms. The van der Waals surface area contributed by atoms with Crippen LogP contribution in [0, 0.1) is 12.7 Å². The third kappa shape index (κ3) is 3.99. The highest BCUT2D eigenvalue weighted by Crippen LogP contribution is 2.29. The molecule has 0 aliphatic heterocycles. The minimum atomic E-state index is -0.496. The average molecular weight is 372 g/mol. The van der Waals surface area contributed by atoms with Crippen molar-refractivity contribution in [2.24, 2.45) is 0 Å². The van der Waals surface area contributed by atoms with Crippen molar-refractivity contribution in [1.29, 1.82) is 0 Å². The monoisotopic (exact) mass is 371 g/mol. The van der Waals surface area contributed by atoms with E-state index < -0.39 is 5.82 Å². The molecule has 2 heterocycles. The summed E-state index contributed by atoms with van der Waals surface area (Å²) in [7, 11) is 0. The van der Waals surface area contributed by atoms with Crippen molar-refractivity contribution in [2.45, 2.75) is 33.2 Å². The second-order valence-corrected chi connectivity index (χ2v) is 6.99. The fourth-order valence-electron chi connectivity index (χ4n) is 2.79. The van der Waals surface area contributed by atoms with Gasteiger partial charge in [0.05, 0.1) is 17.1 Å². The summed E-state index contributed by atoms with van der Waals surface area (Å²) in [5, 5.41) is 3.75. The molecule has 0 radical (unpaired) electrons. The van der Waals surface area contributed by atoms with E-state index >= 15 is 0 Å². The van der Waals surface area contributed by atoms with Crippen LogP contribution < -0.4 is 5.32 Å². The van der Waals surface area contributed by atoms with Crippen LogP contribution in [0.3, 0.4) is 0 Å². The molecular formula is C20H19ClFN3O. The second-order valence-electron chi connectivity index (χ2n) is 6.58. The van der Waals surface area contributed by atoms with Crippen LogP contribution in [0.2, 0.25) is 5.02 Å². The molecule has 0 unspecified atom stereocenters. The maximum Gasteiger partial charge on any atom is 0.224 e. The number of amides is 1. The molecule has 26 heavy (non-hydrogen) atoms. The van der Waals surface area contributed by atoms with E-state index in [1.54, 1.807) is 12.3 Å². The van der Waals surface area contributed by atoms with Crippen LogP contribution in [0.1, 0.15) is 25.0 Å². The molecule has 0 bridgehead atoms. The SMILES string of the molecule is Cc1cnc2nc(-c3ccc(F)c(Cl)c3)c(CC(=O)NC(C)C)cc2c1. The second kappa shape index (κ2) is 7.38. The summed E-state index contributed by atoms with van der Waals surface area (Å²) in [5.74, 6) is -0.597. The zero-order valence-corrected chi connectivity index (χ0v) is 15.6. The van der Waals surface area contributed by atoms with Crippen molar-refractivity contribution in [3.8, 4) is 11.3 Å². The largest absolute Gasteiger partial charge is 0.354 e. The number of rotatable bonds is 4. The van der Waals surface area contributed by atoms with Crippen molar-refractivity contribution in [1.82, 2.24) is 15.3 Å². The van der Waals surface area contributed by atoms with E-state index in [4.69, 9.17) is 11.6 Å². The fourth-order valence-corrected chi connectivity index (χ4v) is 2.97. The highest BCUT2D eigenvalue weighted by molar-refractivity contribution is 6.31. The third-order valence-electron chi connectivity index (χ3n) is 3.88. The number of aryl methyl sites for hydroxylation is 1. The number of hydrogen-bond acceptors (Lipinski definition) is 3. The number of hydrogen-bond donors (Lipinski definition) is 1. The number of nitrogens with one attached hydrogen (secondary N) is 1. The molecule has 0 saturated carbocycles. The molecule has 1 N–H and O–H groups in total. The van der Waals surface area contributed by atoms with Crippen LogP contribution in [0.15, 0.2) is 36.5 Å². The molecule has 3 aromatic rings. The van der Waals surface area contributed by atoms with Gasteiger partial charge in [0.25, 0.3) is 0 Å². The van der Waals surface area contributed by atoms with E-state index in [1.807, 2.05) is 32.9 Å². The molecule has 1 amide bonds. The van der Waals surface area contributed by atoms with Crippen LogP contribution >= 0.6 is 11.6 Å². The Morgan fingerprint density at radius 3 is 2.73 bits per heavy atom. The van der Waals surface area contributed by atoms with Crippen LogP contribution in [-0.4, -0.2) is 21.9 Å². The van der Waals surface area contributed by atoms with Gasteiger partial charge >= 0.3 is 0 Å². The number of carbonyl (C=O) groups is 1. The number of halogens is 2. The van der Waals surface area contributed by atoms with Gasteiger partial charge in [0.1, 0.15) is 5.82 Å². The Labute approximate surface area is 156 Å². The van der Waals surface area contributed by atoms with E-state index in [2.05, 4.69) is 15.3 Å². The standard InChI is InChI=1S/C20H19ClFN3O/c1-11(2)24-18(26)9-14-7-15-6-12(3)10-23-20(15)25-19(14)13-4-5-17(22)16(21)8-13/h4-8,10-11H,9H2,1-3H3,(H,24,26). The number of carbonyl (C=O) groups excluding carboxylic acids is 1. The predicted molar refractivity (Wildman–Crippen MR) is 102 cm³/mol. The molecule has 0 fully saturated rings. The first-order valence-corrected chi connectivity index (χ1v) is 8.72. The van der Waals surface area contributed by atoms with E-state index in [0.717, 1.165) is 16.5 Å². The van der Waals surface area contributed by atoms with E-state index in [-0.39, 0.29) is 23.4 Å². The number of pyridine rings is 2. The summed E-state index contributed by atoms with van der Waals surface area (Å²) < 4.78 is 13.5. The van der Waals surface area contributed by atoms with Crippen LogP contribution in [-0.2, 0) is 11.2 Å². The van der Waals surface area contributed by atoms with Gasteiger partial charge in [-0.3, -0.25) is 4.79 Å². The quantitative estimate of drug-likeness (QED) is 0.736. The van der Waals surface area contributed by atoms with E-state index in [0.29, 0.717) is 16.9 Å². The minimum Gasteiger partial charge on any atom is -0.354 e. The smallest absolute Gasteiger partial charge is 0.224 e. The summed E-state index contributed by atoms with van der Waals surface area (Å²) >= 11 is 5.93. The van der Waals surface area contributed by atoms with Gasteiger partial charge in [-0.2, -0.15) is 0 Å². The van der Waals surface area contributed by atoms with Crippen LogP contribution in [0.4, 0.5) is 4.39 Å². The van der Waals surface area contributed by atoms with E-state index in [1.165, 1.54) is 12.1 Å². The molecule has 0 spiro atoms. The Morgan fingerprint density at radius 2 is 2.04 bits per heavy atom. The molecule has 0 saturated heterocycles. The average Bonchev–Trinajstić information content (AvgIpc) is 2.56. The first-order chi connectivity index (χ1) is 12.3. The zero-order chi connectivity index (χ0) is 18.8. The maximum absolute atomic E-state index is 13.5. The zero-order valence-electron chi connectivity index (χ0n) is 14.8. The first-order valence-electron chi connectivity index (χ1n) is 8.34. The normalized spacial score (nSPS) is 11.2. The van der Waals surface area contributed by atoms with Crippen molar-refractivity contribution in [2.75, 3.05) is 0 Å². The summed E-state index contributed by atoms with van der Waals surface area (Å²) in [5.41, 5.74) is 3.54. The van der Waals surface area contributed by atoms with Crippen molar-refractivity contribution in [3.63, 3.8) is 0 Å². The number of benzene rings is 1. The summed E-state index contributed by atoms with van der Waals surface area (Å²) in [4.78, 5) is 21.3. The lowest BCUT2D eigenvalue weighted by Crippen LogP contribution is -2.31. The van der Waals surface area contributed by atoms with Gasteiger partial charge in [0.2, 0.25) is 5.91 Å². The lowest BCUT2D eigenvalue weighted by atomic mass is 10.0. The molecule has 2 aromatic heterocycles. The van der Waals surface area contributed by atoms with Crippen LogP contribution in [0.25, 0.3) is 22.3 Å². The third-order valence-corrected chi connectivity index (χ3v) is 4.17. The van der Waals surface area contributed by atoms with Gasteiger partial charge in [-0.1, -0.05) is 11.6 Å². The van der Waals surface area contributed by atoms with Gasteiger partial charge < -0.3 is 5.32 Å². The number of nitrogens with zero attached hydrogens (tertiary/aromatic N) is 2. The fraction of sp³-hybridized carbons (Fsp3) is 0.250. The Balaban J connectivity index is 2.14. The number of aromatic nitrogens is 2. The molecule has 0 aliphatic carbocycles. The van der Waals surface area contributed by atoms with E-state index in [9.17, 15) is 9.18 Å². The van der Waals surface area contributed by atoms with Crippen molar-refractivity contribution >= 4 is 28.5 Å². The molecule has 3 rings (SSSR count). The van der Waals surface area contributed by atoms with Gasteiger partial charge in [0, 0.05) is 23.2 Å². The van der Waals surface area contributed by atoms with Gasteiger partial charge in [-0.15, -0.1) is 0 Å².